The third kappa shape index (κ3) is 5.37. The Morgan fingerprint density at radius 3 is 1.51 bits per heavy atom. The molecular weight excluding hydrogens is 761 g/mol. The minimum absolute atomic E-state index is 0.161. The Labute approximate surface area is 371 Å². The maximum absolute atomic E-state index is 2.59. The van der Waals surface area contributed by atoms with Gasteiger partial charge in [-0.3, -0.25) is 0 Å². The third-order valence-corrected chi connectivity index (χ3v) is 14.8. The number of para-hydroxylation sites is 1. The quantitative estimate of drug-likeness (QED) is 0.171. The van der Waals surface area contributed by atoms with Crippen molar-refractivity contribution in [1.82, 2.24) is 0 Å². The van der Waals surface area contributed by atoms with Gasteiger partial charge in [-0.1, -0.05) is 193 Å². The summed E-state index contributed by atoms with van der Waals surface area (Å²) in [4.78, 5) is 5.15. The summed E-state index contributed by atoms with van der Waals surface area (Å²) in [6.07, 6.45) is 0. The molecule has 9 aromatic rings. The van der Waals surface area contributed by atoms with Gasteiger partial charge in [-0.25, -0.2) is 0 Å². The van der Waals surface area contributed by atoms with E-state index in [9.17, 15) is 0 Å². The molecule has 2 heteroatoms. The Balaban J connectivity index is 1.17. The molecule has 0 amide bonds. The van der Waals surface area contributed by atoms with Crippen LogP contribution in [0.2, 0.25) is 0 Å². The van der Waals surface area contributed by atoms with Gasteiger partial charge in [0.25, 0.3) is 0 Å². The first-order valence-electron chi connectivity index (χ1n) is 22.4. The van der Waals surface area contributed by atoms with Gasteiger partial charge < -0.3 is 9.80 Å². The van der Waals surface area contributed by atoms with Crippen LogP contribution in [0.5, 0.6) is 0 Å². The summed E-state index contributed by atoms with van der Waals surface area (Å²) in [6, 6.07) is 73.0. The van der Waals surface area contributed by atoms with Crippen LogP contribution < -0.4 is 9.80 Å². The van der Waals surface area contributed by atoms with E-state index in [1.54, 1.807) is 0 Å². The topological polar surface area (TPSA) is 6.48 Å². The van der Waals surface area contributed by atoms with Crippen molar-refractivity contribution in [3.8, 4) is 33.4 Å². The normalized spacial score (nSPS) is 15.5. The minimum atomic E-state index is -0.233. The van der Waals surface area contributed by atoms with E-state index in [0.29, 0.717) is 0 Å². The monoisotopic (exact) mass is 810 g/mol. The highest BCUT2D eigenvalue weighted by atomic mass is 15.2. The first kappa shape index (κ1) is 37.6. The fraction of sp³-hybridized carbons (Fsp3) is 0.148. The highest BCUT2D eigenvalue weighted by Gasteiger charge is 2.41. The number of anilines is 6. The van der Waals surface area contributed by atoms with Crippen LogP contribution in [0.15, 0.2) is 194 Å². The Morgan fingerprint density at radius 1 is 0.349 bits per heavy atom. The van der Waals surface area contributed by atoms with Gasteiger partial charge in [0, 0.05) is 33.0 Å². The molecule has 0 aromatic heterocycles. The molecular formula is C61H50N2. The summed E-state index contributed by atoms with van der Waals surface area (Å²) in [7, 11) is 0. The molecule has 0 bridgehead atoms. The van der Waals surface area contributed by atoms with Gasteiger partial charge in [0.15, 0.2) is 0 Å². The van der Waals surface area contributed by atoms with Crippen LogP contribution in [0.25, 0.3) is 44.2 Å². The van der Waals surface area contributed by atoms with Crippen LogP contribution in [0.3, 0.4) is 0 Å². The molecule has 9 aromatic carbocycles. The van der Waals surface area contributed by atoms with Crippen LogP contribution in [0.4, 0.5) is 34.1 Å². The van der Waals surface area contributed by atoms with Crippen LogP contribution in [0.1, 0.15) is 74.9 Å². The number of rotatable bonds is 5. The summed E-state index contributed by atoms with van der Waals surface area (Å²) in [5.41, 5.74) is 22.2. The van der Waals surface area contributed by atoms with Crippen molar-refractivity contribution in [2.75, 3.05) is 9.80 Å². The van der Waals surface area contributed by atoms with Gasteiger partial charge in [0.2, 0.25) is 0 Å². The molecule has 1 aliphatic heterocycles. The Kier molecular flexibility index (Phi) is 8.01. The van der Waals surface area contributed by atoms with Crippen molar-refractivity contribution in [3.63, 3.8) is 0 Å². The summed E-state index contributed by atoms with van der Waals surface area (Å²) < 4.78 is 0. The highest BCUT2D eigenvalue weighted by molar-refractivity contribution is 6.09. The molecule has 0 fully saturated rings. The Morgan fingerprint density at radius 2 is 0.857 bits per heavy atom. The van der Waals surface area contributed by atoms with Crippen molar-refractivity contribution in [2.45, 2.75) is 57.8 Å². The zero-order valence-electron chi connectivity index (χ0n) is 36.9. The molecule has 0 saturated heterocycles. The van der Waals surface area contributed by atoms with E-state index in [1.165, 1.54) is 88.9 Å². The zero-order valence-corrected chi connectivity index (χ0v) is 36.9. The van der Waals surface area contributed by atoms with Crippen molar-refractivity contribution in [1.29, 1.82) is 0 Å². The van der Waals surface area contributed by atoms with Crippen molar-refractivity contribution in [2.24, 2.45) is 0 Å². The van der Waals surface area contributed by atoms with Gasteiger partial charge in [-0.15, -0.1) is 0 Å². The summed E-state index contributed by atoms with van der Waals surface area (Å²) >= 11 is 0. The predicted octanol–water partition coefficient (Wildman–Crippen LogP) is 16.7. The lowest BCUT2D eigenvalue weighted by molar-refractivity contribution is 0.632. The predicted molar refractivity (Wildman–Crippen MR) is 266 cm³/mol. The van der Waals surface area contributed by atoms with Gasteiger partial charge >= 0.3 is 0 Å². The molecule has 3 aliphatic rings. The number of benzene rings is 9. The van der Waals surface area contributed by atoms with Crippen molar-refractivity contribution >= 4 is 44.9 Å². The van der Waals surface area contributed by atoms with E-state index in [0.717, 1.165) is 22.7 Å². The van der Waals surface area contributed by atoms with E-state index in [1.807, 2.05) is 0 Å². The smallest absolute Gasteiger partial charge is 0.0781 e. The maximum atomic E-state index is 2.59. The molecule has 0 radical (unpaired) electrons. The van der Waals surface area contributed by atoms with Crippen LogP contribution >= 0.6 is 0 Å². The van der Waals surface area contributed by atoms with Gasteiger partial charge in [0.05, 0.1) is 22.7 Å². The fourth-order valence-corrected chi connectivity index (χ4v) is 11.5. The zero-order chi connectivity index (χ0) is 42.8. The minimum Gasteiger partial charge on any atom is -0.308 e. The lowest BCUT2D eigenvalue weighted by Crippen LogP contribution is -2.31. The largest absolute Gasteiger partial charge is 0.308 e. The molecule has 2 aliphatic carbocycles. The first-order chi connectivity index (χ1) is 30.5. The molecule has 0 saturated carbocycles. The second kappa shape index (κ2) is 13.4. The van der Waals surface area contributed by atoms with Gasteiger partial charge in [-0.05, 0) is 115 Å². The maximum Gasteiger partial charge on any atom is 0.0781 e. The summed E-state index contributed by atoms with van der Waals surface area (Å²) in [5.74, 6) is 0. The van der Waals surface area contributed by atoms with Crippen molar-refractivity contribution in [3.05, 3.63) is 228 Å². The Bertz CT molecular complexity index is 3220. The third-order valence-electron chi connectivity index (χ3n) is 14.8. The summed E-state index contributed by atoms with van der Waals surface area (Å²) in [5, 5.41) is 2.41. The Hall–Kier alpha value is -7.16. The SMILES string of the molecule is CC1(C)c2ccccc2-c2ccc(N(c3ccc4c(c3)C(C)(C)c3ccccc3-4)c3ccc4ccccc4c3N3c4ccccc4C(C)(C)c4ccc(-c5ccccc5)cc43)cc21. The molecule has 0 spiro atoms. The highest BCUT2D eigenvalue weighted by Crippen LogP contribution is 2.59. The van der Waals surface area contributed by atoms with E-state index in [2.05, 4.69) is 245 Å². The molecule has 1 heterocycles. The van der Waals surface area contributed by atoms with E-state index in [-0.39, 0.29) is 16.2 Å². The first-order valence-corrected chi connectivity index (χ1v) is 22.4. The van der Waals surface area contributed by atoms with E-state index in [4.69, 9.17) is 0 Å². The molecule has 2 nitrogen and oxygen atoms in total. The standard InChI is InChI=1S/C61H50N2/c1-59(2)49-24-14-12-22-45(49)47-32-30-42(37-53(47)59)62(43-31-33-48-46-23-13-15-25-50(46)60(3,4)54(48)38-43)56-35-29-40-20-10-11-21-44(40)58(56)63-55-27-17-16-26-51(55)61(5,6)52-34-28-41(36-57(52)63)39-18-8-7-9-19-39/h7-38H,1-6H3. The van der Waals surface area contributed by atoms with Gasteiger partial charge in [0.1, 0.15) is 0 Å². The van der Waals surface area contributed by atoms with Crippen LogP contribution in [0, 0.1) is 0 Å². The lowest BCUT2D eigenvalue weighted by Gasteiger charge is -2.44. The average molecular weight is 811 g/mol. The number of hydrogen-bond acceptors (Lipinski definition) is 2. The van der Waals surface area contributed by atoms with E-state index < -0.39 is 0 Å². The lowest BCUT2D eigenvalue weighted by atomic mass is 9.73. The number of hydrogen-bond donors (Lipinski definition) is 0. The molecule has 0 atom stereocenters. The van der Waals surface area contributed by atoms with E-state index >= 15 is 0 Å². The van der Waals surface area contributed by atoms with Crippen molar-refractivity contribution < 1.29 is 0 Å². The fourth-order valence-electron chi connectivity index (χ4n) is 11.5. The van der Waals surface area contributed by atoms with Gasteiger partial charge in [-0.2, -0.15) is 0 Å². The number of fused-ring (bicyclic) bond motifs is 9. The van der Waals surface area contributed by atoms with Crippen LogP contribution in [-0.4, -0.2) is 0 Å². The van der Waals surface area contributed by atoms with Crippen LogP contribution in [-0.2, 0) is 16.2 Å². The molecule has 0 N–H and O–H groups in total. The second-order valence-electron chi connectivity index (χ2n) is 19.4. The molecule has 63 heavy (non-hydrogen) atoms. The molecule has 0 unspecified atom stereocenters. The second-order valence-corrected chi connectivity index (χ2v) is 19.4. The average Bonchev–Trinajstić information content (AvgIpc) is 3.68. The molecule has 304 valence electrons. The number of nitrogens with zero attached hydrogens (tertiary/aromatic N) is 2. The summed E-state index contributed by atoms with van der Waals surface area (Å²) in [6.45, 7) is 14.3. The molecule has 12 rings (SSSR count).